The van der Waals surface area contributed by atoms with E-state index in [4.69, 9.17) is 18.9 Å². The van der Waals surface area contributed by atoms with Crippen molar-refractivity contribution >= 4 is 5.97 Å². The minimum absolute atomic E-state index is 0.149. The average Bonchev–Trinajstić information content (AvgIpc) is 3.22. The monoisotopic (exact) mass is 508 g/mol. The van der Waals surface area contributed by atoms with Crippen LogP contribution in [0.25, 0.3) is 11.1 Å². The summed E-state index contributed by atoms with van der Waals surface area (Å²) in [6.45, 7) is 14.6. The summed E-state index contributed by atoms with van der Waals surface area (Å²) in [5.41, 5.74) is 3.11. The van der Waals surface area contributed by atoms with Gasteiger partial charge >= 0.3 is 5.97 Å². The molecule has 3 rings (SSSR count). The minimum Gasteiger partial charge on any atom is -0.494 e. The highest BCUT2D eigenvalue weighted by Gasteiger charge is 2.22. The van der Waals surface area contributed by atoms with Crippen LogP contribution in [0.1, 0.15) is 51.9 Å². The largest absolute Gasteiger partial charge is 0.494 e. The molecule has 198 valence electrons. The van der Waals surface area contributed by atoms with Crippen LogP contribution < -0.4 is 9.47 Å². The van der Waals surface area contributed by atoms with Gasteiger partial charge in [-0.3, -0.25) is 0 Å². The van der Waals surface area contributed by atoms with Gasteiger partial charge in [0.15, 0.2) is 11.6 Å². The maximum Gasteiger partial charge on any atom is 0.333 e. The van der Waals surface area contributed by atoms with Gasteiger partial charge in [-0.25, -0.2) is 9.18 Å². The maximum absolute atomic E-state index is 14.6. The van der Waals surface area contributed by atoms with Gasteiger partial charge < -0.3 is 18.9 Å². The summed E-state index contributed by atoms with van der Waals surface area (Å²) in [5.74, 6) is 0.966. The van der Waals surface area contributed by atoms with Gasteiger partial charge in [-0.15, -0.1) is 0 Å². The summed E-state index contributed by atoms with van der Waals surface area (Å²) >= 11 is 0. The van der Waals surface area contributed by atoms with Crippen molar-refractivity contribution in [2.45, 2.75) is 58.0 Å². The molecular formula is C31H37FO5. The summed E-state index contributed by atoms with van der Waals surface area (Å²) in [4.78, 5) is 11.6. The fourth-order valence-electron chi connectivity index (χ4n) is 3.88. The topological polar surface area (TPSA) is 54.0 Å². The fourth-order valence-corrected chi connectivity index (χ4v) is 3.88. The molecular weight excluding hydrogens is 471 g/mol. The van der Waals surface area contributed by atoms with Crippen LogP contribution in [0, 0.1) is 5.82 Å². The molecule has 1 unspecified atom stereocenters. The van der Waals surface area contributed by atoms with Gasteiger partial charge in [-0.2, -0.15) is 0 Å². The van der Waals surface area contributed by atoms with Gasteiger partial charge in [0.1, 0.15) is 17.6 Å². The molecule has 0 bridgehead atoms. The molecule has 0 N–H and O–H groups in total. The van der Waals surface area contributed by atoms with Gasteiger partial charge in [-0.05, 0) is 79.5 Å². The lowest BCUT2D eigenvalue weighted by Crippen LogP contribution is -2.08. The summed E-state index contributed by atoms with van der Waals surface area (Å²) in [6.07, 6.45) is 5.72. The summed E-state index contributed by atoms with van der Waals surface area (Å²) in [6, 6.07) is 12.5. The number of halogens is 1. The summed E-state index contributed by atoms with van der Waals surface area (Å²) < 4.78 is 36.8. The van der Waals surface area contributed by atoms with Crippen molar-refractivity contribution < 1.29 is 28.1 Å². The molecule has 0 spiro atoms. The predicted octanol–water partition coefficient (Wildman–Crippen LogP) is 7.57. The second-order valence-corrected chi connectivity index (χ2v) is 9.13. The molecule has 0 radical (unpaired) electrons. The minimum atomic E-state index is -0.382. The van der Waals surface area contributed by atoms with Crippen LogP contribution in [0.2, 0.25) is 0 Å². The molecule has 0 amide bonds. The Bertz CT molecular complexity index is 1070. The number of carbonyl (C=O) groups is 1. The smallest absolute Gasteiger partial charge is 0.333 e. The van der Waals surface area contributed by atoms with E-state index in [2.05, 4.69) is 19.7 Å². The Kier molecular flexibility index (Phi) is 10.8. The second-order valence-electron chi connectivity index (χ2n) is 9.13. The van der Waals surface area contributed by atoms with E-state index in [1.165, 1.54) is 6.07 Å². The third-order valence-corrected chi connectivity index (χ3v) is 6.23. The molecule has 1 aliphatic heterocycles. The van der Waals surface area contributed by atoms with Crippen LogP contribution in [0.15, 0.2) is 79.1 Å². The van der Waals surface area contributed by atoms with Gasteiger partial charge in [0, 0.05) is 12.0 Å². The first-order chi connectivity index (χ1) is 17.9. The lowest BCUT2D eigenvalue weighted by molar-refractivity contribution is -0.139. The Labute approximate surface area is 219 Å². The molecule has 5 nitrogen and oxygen atoms in total. The second kappa shape index (κ2) is 14.3. The van der Waals surface area contributed by atoms with Crippen molar-refractivity contribution in [3.05, 3.63) is 84.9 Å². The van der Waals surface area contributed by atoms with Crippen LogP contribution in [-0.2, 0) is 14.3 Å². The number of hydrogen-bond acceptors (Lipinski definition) is 5. The third-order valence-electron chi connectivity index (χ3n) is 6.23. The molecule has 0 aliphatic carbocycles. The number of benzene rings is 2. The molecule has 37 heavy (non-hydrogen) atoms. The molecule has 1 fully saturated rings. The van der Waals surface area contributed by atoms with E-state index in [1.807, 2.05) is 37.3 Å². The molecule has 1 saturated heterocycles. The van der Waals surface area contributed by atoms with Gasteiger partial charge in [-0.1, -0.05) is 44.9 Å². The average molecular weight is 509 g/mol. The standard InChI is InChI=1S/C31H37FO5/c1-5-22(2)31(33)36-19-9-8-17-34-27-14-11-25(12-15-27)26-13-16-30(29(32)21-26)35-18-7-6-10-28-20-23(3)24(4)37-28/h11-16,21,28H,2-10,17-20H2,1H3. The van der Waals surface area contributed by atoms with Crippen LogP contribution in [-0.4, -0.2) is 31.9 Å². The van der Waals surface area contributed by atoms with Crippen LogP contribution in [0.3, 0.4) is 0 Å². The van der Waals surface area contributed by atoms with Gasteiger partial charge in [0.25, 0.3) is 0 Å². The number of unbranched alkanes of at least 4 members (excludes halogenated alkanes) is 2. The molecule has 1 atom stereocenters. The summed E-state index contributed by atoms with van der Waals surface area (Å²) in [5, 5.41) is 0. The zero-order chi connectivity index (χ0) is 26.6. The molecule has 0 aromatic heterocycles. The molecule has 2 aromatic carbocycles. The molecule has 1 heterocycles. The first kappa shape index (κ1) is 28.0. The van der Waals surface area contributed by atoms with Crippen LogP contribution in [0.5, 0.6) is 11.5 Å². The SMILES string of the molecule is C=C1CC(CCCCOc2ccc(-c3ccc(OCCCCOC(=O)C(=C)CC)cc3)cc2F)OC1=C. The third kappa shape index (κ3) is 8.81. The van der Waals surface area contributed by atoms with E-state index in [0.29, 0.717) is 37.6 Å². The number of hydrogen-bond donors (Lipinski definition) is 0. The molecule has 1 aliphatic rings. The molecule has 2 aromatic rings. The van der Waals surface area contributed by atoms with E-state index in [-0.39, 0.29) is 23.6 Å². The highest BCUT2D eigenvalue weighted by atomic mass is 19.1. The first-order valence-corrected chi connectivity index (χ1v) is 12.9. The van der Waals surface area contributed by atoms with Gasteiger partial charge in [0.2, 0.25) is 0 Å². The van der Waals surface area contributed by atoms with Crippen molar-refractivity contribution in [1.82, 2.24) is 0 Å². The highest BCUT2D eigenvalue weighted by Crippen LogP contribution is 2.30. The Morgan fingerprint density at radius 3 is 2.32 bits per heavy atom. The lowest BCUT2D eigenvalue weighted by atomic mass is 10.1. The van der Waals surface area contributed by atoms with Crippen molar-refractivity contribution in [3.8, 4) is 22.6 Å². The van der Waals surface area contributed by atoms with Crippen molar-refractivity contribution in [2.24, 2.45) is 0 Å². The maximum atomic E-state index is 14.6. The first-order valence-electron chi connectivity index (χ1n) is 12.9. The Hall–Kier alpha value is -3.54. The number of rotatable bonds is 15. The Morgan fingerprint density at radius 2 is 1.65 bits per heavy atom. The zero-order valence-electron chi connectivity index (χ0n) is 21.7. The van der Waals surface area contributed by atoms with E-state index in [0.717, 1.165) is 61.0 Å². The van der Waals surface area contributed by atoms with E-state index < -0.39 is 0 Å². The van der Waals surface area contributed by atoms with Crippen LogP contribution in [0.4, 0.5) is 4.39 Å². The molecule has 6 heteroatoms. The molecule has 0 saturated carbocycles. The predicted molar refractivity (Wildman–Crippen MR) is 144 cm³/mol. The van der Waals surface area contributed by atoms with Crippen LogP contribution >= 0.6 is 0 Å². The highest BCUT2D eigenvalue weighted by molar-refractivity contribution is 5.87. The number of ether oxygens (including phenoxy) is 4. The fraction of sp³-hybridized carbons (Fsp3) is 0.387. The lowest BCUT2D eigenvalue weighted by Gasteiger charge is -2.11. The Morgan fingerprint density at radius 1 is 0.973 bits per heavy atom. The van der Waals surface area contributed by atoms with E-state index in [1.54, 1.807) is 6.07 Å². The Balaban J connectivity index is 1.35. The summed E-state index contributed by atoms with van der Waals surface area (Å²) in [7, 11) is 0. The van der Waals surface area contributed by atoms with E-state index in [9.17, 15) is 9.18 Å². The number of esters is 1. The number of carbonyl (C=O) groups excluding carboxylic acids is 1. The van der Waals surface area contributed by atoms with Crippen molar-refractivity contribution in [3.63, 3.8) is 0 Å². The quantitative estimate of drug-likeness (QED) is 0.141. The van der Waals surface area contributed by atoms with Crippen molar-refractivity contribution in [2.75, 3.05) is 19.8 Å². The van der Waals surface area contributed by atoms with E-state index >= 15 is 0 Å². The zero-order valence-corrected chi connectivity index (χ0v) is 21.7. The number of allylic oxidation sites excluding steroid dienone is 1. The van der Waals surface area contributed by atoms with Gasteiger partial charge in [0.05, 0.1) is 19.8 Å². The normalized spacial score (nSPS) is 14.8. The van der Waals surface area contributed by atoms with Crippen molar-refractivity contribution in [1.29, 1.82) is 0 Å².